The molecule has 2 unspecified atom stereocenters. The molecule has 3 nitrogen and oxygen atoms in total. The molecule has 1 N–H and O–H groups in total. The third kappa shape index (κ3) is 3.69. The van der Waals surface area contributed by atoms with E-state index in [2.05, 4.69) is 58.0 Å². The van der Waals surface area contributed by atoms with Gasteiger partial charge in [0.15, 0.2) is 0 Å². The van der Waals surface area contributed by atoms with Gasteiger partial charge in [0, 0.05) is 35.4 Å². The van der Waals surface area contributed by atoms with E-state index in [9.17, 15) is 0 Å². The maximum absolute atomic E-state index is 4.68. The van der Waals surface area contributed by atoms with Gasteiger partial charge in [-0.15, -0.1) is 0 Å². The Bertz CT molecular complexity index is 422. The minimum Gasteiger partial charge on any atom is -0.353 e. The van der Waals surface area contributed by atoms with Gasteiger partial charge < -0.3 is 10.2 Å². The molecule has 0 aromatic carbocycles. The van der Waals surface area contributed by atoms with Gasteiger partial charge in [0.25, 0.3) is 0 Å². The summed E-state index contributed by atoms with van der Waals surface area (Å²) in [5.74, 6) is 1.91. The molecule has 1 aliphatic heterocycles. The number of hydrogen-bond acceptors (Lipinski definition) is 3. The second-order valence-electron chi connectivity index (χ2n) is 5.60. The lowest BCUT2D eigenvalue weighted by Gasteiger charge is -2.38. The average molecular weight is 326 g/mol. The highest BCUT2D eigenvalue weighted by atomic mass is 79.9. The van der Waals surface area contributed by atoms with Crippen molar-refractivity contribution in [1.29, 1.82) is 0 Å². The van der Waals surface area contributed by atoms with Crippen LogP contribution >= 0.6 is 15.9 Å². The molecule has 1 aromatic rings. The van der Waals surface area contributed by atoms with Gasteiger partial charge in [0.2, 0.25) is 0 Å². The van der Waals surface area contributed by atoms with Gasteiger partial charge in [-0.2, -0.15) is 0 Å². The van der Waals surface area contributed by atoms with Crippen LogP contribution in [0, 0.1) is 5.92 Å². The summed E-state index contributed by atoms with van der Waals surface area (Å²) in [6, 6.07) is 2.78. The normalized spacial score (nSPS) is 23.7. The molecule has 0 spiro atoms. The van der Waals surface area contributed by atoms with Crippen molar-refractivity contribution in [2.24, 2.45) is 5.92 Å². The molecule has 2 atom stereocenters. The number of hydrogen-bond donors (Lipinski definition) is 1. The highest BCUT2D eigenvalue weighted by Crippen LogP contribution is 2.29. The van der Waals surface area contributed by atoms with E-state index >= 15 is 0 Å². The first-order valence-electron chi connectivity index (χ1n) is 7.23. The number of piperidine rings is 1. The first-order chi connectivity index (χ1) is 9.11. The van der Waals surface area contributed by atoms with Gasteiger partial charge >= 0.3 is 0 Å². The van der Waals surface area contributed by atoms with E-state index in [0.29, 0.717) is 6.04 Å². The highest BCUT2D eigenvalue weighted by Gasteiger charge is 2.25. The molecule has 1 aromatic heterocycles. The second-order valence-corrected chi connectivity index (χ2v) is 6.52. The molecule has 1 saturated heterocycles. The Morgan fingerprint density at radius 1 is 1.42 bits per heavy atom. The van der Waals surface area contributed by atoms with Gasteiger partial charge in [0.05, 0.1) is 0 Å². The molecule has 0 bridgehead atoms. The molecule has 106 valence electrons. The molecule has 1 aliphatic rings. The fraction of sp³-hybridized carbons (Fsp3) is 0.667. The predicted octanol–water partition coefficient (Wildman–Crippen LogP) is 3.58. The zero-order valence-corrected chi connectivity index (χ0v) is 13.7. The third-order valence-corrected chi connectivity index (χ3v) is 4.30. The smallest absolute Gasteiger partial charge is 0.133 e. The van der Waals surface area contributed by atoms with E-state index in [0.717, 1.165) is 35.8 Å². The van der Waals surface area contributed by atoms with Crippen molar-refractivity contribution in [2.75, 3.05) is 18.0 Å². The first-order valence-corrected chi connectivity index (χ1v) is 8.03. The predicted molar refractivity (Wildman–Crippen MR) is 84.5 cm³/mol. The van der Waals surface area contributed by atoms with Crippen LogP contribution in [-0.2, 0) is 6.54 Å². The minimum atomic E-state index is 0.588. The van der Waals surface area contributed by atoms with Crippen LogP contribution in [0.3, 0.4) is 0 Å². The number of halogens is 1. The number of anilines is 1. The van der Waals surface area contributed by atoms with Crippen molar-refractivity contribution < 1.29 is 0 Å². The molecule has 2 rings (SSSR count). The number of nitrogens with one attached hydrogen (secondary N) is 1. The molecule has 0 amide bonds. The quantitative estimate of drug-likeness (QED) is 0.917. The highest BCUT2D eigenvalue weighted by molar-refractivity contribution is 9.10. The summed E-state index contributed by atoms with van der Waals surface area (Å²) in [5.41, 5.74) is 1.29. The van der Waals surface area contributed by atoms with Gasteiger partial charge in [-0.25, -0.2) is 4.98 Å². The topological polar surface area (TPSA) is 28.2 Å². The monoisotopic (exact) mass is 325 g/mol. The van der Waals surface area contributed by atoms with E-state index in [1.54, 1.807) is 0 Å². The Kier molecular flexibility index (Phi) is 5.22. The minimum absolute atomic E-state index is 0.588. The Balaban J connectivity index is 2.26. The molecule has 1 fully saturated rings. The maximum atomic E-state index is 4.68. The largest absolute Gasteiger partial charge is 0.353 e. The van der Waals surface area contributed by atoms with Gasteiger partial charge in [0.1, 0.15) is 5.82 Å². The van der Waals surface area contributed by atoms with Crippen LogP contribution in [0.25, 0.3) is 0 Å². The average Bonchev–Trinajstić information content (AvgIpc) is 2.39. The Labute approximate surface area is 124 Å². The summed E-state index contributed by atoms with van der Waals surface area (Å²) in [7, 11) is 0. The number of nitrogens with zero attached hydrogens (tertiary/aromatic N) is 2. The fourth-order valence-corrected chi connectivity index (χ4v) is 3.08. The van der Waals surface area contributed by atoms with Gasteiger partial charge in [-0.3, -0.25) is 0 Å². The summed E-state index contributed by atoms with van der Waals surface area (Å²) in [6.07, 6.45) is 4.51. The first kappa shape index (κ1) is 14.8. The van der Waals surface area contributed by atoms with Crippen molar-refractivity contribution in [3.8, 4) is 0 Å². The lowest BCUT2D eigenvalue weighted by atomic mass is 9.94. The van der Waals surface area contributed by atoms with E-state index in [-0.39, 0.29) is 0 Å². The molecule has 19 heavy (non-hydrogen) atoms. The fourth-order valence-electron chi connectivity index (χ4n) is 2.71. The van der Waals surface area contributed by atoms with Crippen LogP contribution in [0.5, 0.6) is 0 Å². The number of pyridine rings is 1. The number of aromatic nitrogens is 1. The Morgan fingerprint density at radius 2 is 2.21 bits per heavy atom. The molecule has 4 heteroatoms. The lowest BCUT2D eigenvalue weighted by Crippen LogP contribution is -2.42. The van der Waals surface area contributed by atoms with Crippen molar-refractivity contribution in [3.63, 3.8) is 0 Å². The molecule has 0 saturated carbocycles. The van der Waals surface area contributed by atoms with Crippen LogP contribution in [-0.4, -0.2) is 24.1 Å². The molecular weight excluding hydrogens is 302 g/mol. The Hall–Kier alpha value is -0.610. The van der Waals surface area contributed by atoms with Crippen LogP contribution in [0.15, 0.2) is 16.7 Å². The Morgan fingerprint density at radius 3 is 2.95 bits per heavy atom. The van der Waals surface area contributed by atoms with Crippen LogP contribution in [0.2, 0.25) is 0 Å². The van der Waals surface area contributed by atoms with Crippen LogP contribution in [0.4, 0.5) is 5.82 Å². The molecule has 0 aliphatic carbocycles. The van der Waals surface area contributed by atoms with Gasteiger partial charge in [-0.1, -0.05) is 13.8 Å². The summed E-state index contributed by atoms with van der Waals surface area (Å²) in [6.45, 7) is 9.77. The van der Waals surface area contributed by atoms with E-state index < -0.39 is 0 Å². The number of rotatable bonds is 4. The molecule has 2 heterocycles. The summed E-state index contributed by atoms with van der Waals surface area (Å²) in [4.78, 5) is 7.16. The lowest BCUT2D eigenvalue weighted by molar-refractivity contribution is 0.387. The molecule has 0 radical (unpaired) electrons. The summed E-state index contributed by atoms with van der Waals surface area (Å²) in [5, 5.41) is 3.41. The van der Waals surface area contributed by atoms with Crippen molar-refractivity contribution in [3.05, 3.63) is 22.3 Å². The molecular formula is C15H24BrN3. The van der Waals surface area contributed by atoms with Crippen LogP contribution in [0.1, 0.15) is 39.2 Å². The summed E-state index contributed by atoms with van der Waals surface area (Å²) < 4.78 is 1.06. The van der Waals surface area contributed by atoms with Crippen molar-refractivity contribution in [2.45, 2.75) is 46.2 Å². The van der Waals surface area contributed by atoms with E-state index in [1.807, 2.05) is 6.20 Å². The zero-order valence-electron chi connectivity index (χ0n) is 12.1. The van der Waals surface area contributed by atoms with E-state index in [4.69, 9.17) is 0 Å². The third-order valence-electron chi connectivity index (χ3n) is 3.86. The summed E-state index contributed by atoms with van der Waals surface area (Å²) >= 11 is 3.53. The van der Waals surface area contributed by atoms with Gasteiger partial charge in [-0.05, 0) is 54.2 Å². The maximum Gasteiger partial charge on any atom is 0.133 e. The van der Waals surface area contributed by atoms with Crippen molar-refractivity contribution in [1.82, 2.24) is 10.3 Å². The van der Waals surface area contributed by atoms with E-state index in [1.165, 1.54) is 18.4 Å². The second kappa shape index (κ2) is 6.71. The SMILES string of the molecule is CCNCc1cc(Br)cnc1N1CC(C)CCC1C. The standard InChI is InChI=1S/C15H24BrN3/c1-4-17-8-13-7-14(16)9-18-15(13)19-10-11(2)5-6-12(19)3/h7,9,11-12,17H,4-6,8,10H2,1-3H3. The van der Waals surface area contributed by atoms with Crippen molar-refractivity contribution >= 4 is 21.7 Å². The van der Waals surface area contributed by atoms with Crippen LogP contribution < -0.4 is 10.2 Å². The zero-order chi connectivity index (χ0) is 13.8.